The molecule has 0 atom stereocenters. The van der Waals surface area contributed by atoms with E-state index in [9.17, 15) is 0 Å². The van der Waals surface area contributed by atoms with Crippen molar-refractivity contribution in [3.8, 4) is 45.4 Å². The van der Waals surface area contributed by atoms with Crippen LogP contribution >= 0.6 is 11.3 Å². The molecule has 0 saturated heterocycles. The number of nitrogens with zero attached hydrogens (tertiary/aromatic N) is 5. The Bertz CT molecular complexity index is 4150. The average Bonchev–Trinajstić information content (AvgIpc) is 3.91. The molecule has 0 N–H and O–H groups in total. The van der Waals surface area contributed by atoms with E-state index in [-0.39, 0.29) is 0 Å². The molecule has 64 heavy (non-hydrogen) atoms. The lowest BCUT2D eigenvalue weighted by Crippen LogP contribution is -2.00. The molecular weight excluding hydrogens is 799 g/mol. The average molecular weight is 832 g/mol. The first-order valence-corrected chi connectivity index (χ1v) is 22.3. The normalized spacial score (nSPS) is 12.1. The van der Waals surface area contributed by atoms with E-state index in [2.05, 4.69) is 205 Å². The first-order valence-electron chi connectivity index (χ1n) is 21.5. The van der Waals surface area contributed by atoms with Gasteiger partial charge in [-0.25, -0.2) is 19.9 Å². The molecule has 14 rings (SSSR count). The summed E-state index contributed by atoms with van der Waals surface area (Å²) in [7, 11) is 0. The highest BCUT2D eigenvalue weighted by atomic mass is 32.1. The third-order valence-corrected chi connectivity index (χ3v) is 14.1. The highest BCUT2D eigenvalue weighted by molar-refractivity contribution is 7.26. The quantitative estimate of drug-likeness (QED) is 0.166. The summed E-state index contributed by atoms with van der Waals surface area (Å²) in [4.78, 5) is 20.9. The molecule has 14 aromatic rings. The van der Waals surface area contributed by atoms with Crippen LogP contribution in [0.1, 0.15) is 0 Å². The molecule has 0 aliphatic carbocycles. The van der Waals surface area contributed by atoms with E-state index in [0.717, 1.165) is 55.4 Å². The lowest BCUT2D eigenvalue weighted by molar-refractivity contribution is 1.07. The second-order valence-electron chi connectivity index (χ2n) is 16.7. The summed E-state index contributed by atoms with van der Waals surface area (Å²) < 4.78 is 4.81. The molecule has 5 nitrogen and oxygen atoms in total. The molecule has 10 aromatic carbocycles. The van der Waals surface area contributed by atoms with E-state index in [0.29, 0.717) is 17.5 Å². The molecule has 0 aliphatic heterocycles. The molecule has 4 aromatic heterocycles. The number of thiophene rings is 1. The van der Waals surface area contributed by atoms with Crippen molar-refractivity contribution in [2.75, 3.05) is 0 Å². The Morgan fingerprint density at radius 1 is 0.328 bits per heavy atom. The molecule has 0 spiro atoms. The number of benzene rings is 10. The van der Waals surface area contributed by atoms with Crippen LogP contribution in [-0.2, 0) is 0 Å². The first kappa shape index (κ1) is 35.3. The number of fused-ring (bicyclic) bond motifs is 12. The van der Waals surface area contributed by atoms with Crippen LogP contribution in [0.5, 0.6) is 0 Å². The maximum Gasteiger partial charge on any atom is 0.164 e. The second-order valence-corrected chi connectivity index (χ2v) is 17.8. The summed E-state index contributed by atoms with van der Waals surface area (Å²) in [5, 5.41) is 14.4. The Morgan fingerprint density at radius 3 is 1.39 bits per heavy atom. The maximum absolute atomic E-state index is 5.45. The molecule has 0 aliphatic rings. The summed E-state index contributed by atoms with van der Waals surface area (Å²) in [5.74, 6) is 1.89. The van der Waals surface area contributed by atoms with Crippen LogP contribution in [0.4, 0.5) is 0 Å². The number of hydrogen-bond acceptors (Lipinski definition) is 5. The van der Waals surface area contributed by atoms with Crippen molar-refractivity contribution in [3.05, 3.63) is 200 Å². The predicted molar refractivity (Wildman–Crippen MR) is 268 cm³/mol. The standard InChI is InChI=1S/C58H33N5S/c1-3-11-38-25-44(23-17-34(38)9-1)56-60-55(61-57(62-56)45-24-18-35-10-2-4-12-39(35)26-45)37-21-19-36(20-22-37)51-33-49-48-29-42-15-7-8-16-43(42)32-53(48)64-54(49)58-59-50-30-46-27-40-13-5-6-14-41(40)28-47(46)31-52(50)63(51)58/h1-33H. The van der Waals surface area contributed by atoms with Crippen molar-refractivity contribution in [2.45, 2.75) is 0 Å². The second kappa shape index (κ2) is 13.6. The van der Waals surface area contributed by atoms with Gasteiger partial charge < -0.3 is 0 Å². The molecule has 0 bridgehead atoms. The third-order valence-electron chi connectivity index (χ3n) is 12.9. The molecule has 0 amide bonds. The number of rotatable bonds is 4. The summed E-state index contributed by atoms with van der Waals surface area (Å²) in [6.45, 7) is 0. The van der Waals surface area contributed by atoms with E-state index >= 15 is 0 Å². The van der Waals surface area contributed by atoms with Crippen LogP contribution in [0.3, 0.4) is 0 Å². The van der Waals surface area contributed by atoms with Crippen molar-refractivity contribution < 1.29 is 0 Å². The van der Waals surface area contributed by atoms with Gasteiger partial charge in [-0.15, -0.1) is 11.3 Å². The third kappa shape index (κ3) is 5.56. The first-order chi connectivity index (χ1) is 31.6. The zero-order chi connectivity index (χ0) is 41.9. The van der Waals surface area contributed by atoms with Crippen molar-refractivity contribution in [2.24, 2.45) is 0 Å². The van der Waals surface area contributed by atoms with Gasteiger partial charge in [-0.2, -0.15) is 0 Å². The minimum Gasteiger partial charge on any atom is -0.291 e. The van der Waals surface area contributed by atoms with Gasteiger partial charge in [0, 0.05) is 32.2 Å². The Hall–Kier alpha value is -8.32. The van der Waals surface area contributed by atoms with Gasteiger partial charge in [0.05, 0.1) is 21.4 Å². The fraction of sp³-hybridized carbons (Fsp3) is 0. The summed E-state index contributed by atoms with van der Waals surface area (Å²) in [6.07, 6.45) is 0. The minimum absolute atomic E-state index is 0.621. The van der Waals surface area contributed by atoms with Gasteiger partial charge in [-0.05, 0) is 114 Å². The molecule has 4 heterocycles. The lowest BCUT2D eigenvalue weighted by Gasteiger charge is -2.12. The van der Waals surface area contributed by atoms with E-state index < -0.39 is 0 Å². The van der Waals surface area contributed by atoms with Crippen LogP contribution in [-0.4, -0.2) is 24.3 Å². The maximum atomic E-state index is 5.45. The van der Waals surface area contributed by atoms with Crippen LogP contribution in [0.2, 0.25) is 0 Å². The molecular formula is C58H33N5S. The van der Waals surface area contributed by atoms with Crippen molar-refractivity contribution in [1.82, 2.24) is 24.3 Å². The summed E-state index contributed by atoms with van der Waals surface area (Å²) in [6, 6.07) is 71.7. The van der Waals surface area contributed by atoms with E-state index in [1.807, 2.05) is 11.3 Å². The fourth-order valence-corrected chi connectivity index (χ4v) is 10.8. The molecule has 0 radical (unpaired) electrons. The van der Waals surface area contributed by atoms with Crippen LogP contribution in [0.15, 0.2) is 200 Å². The molecule has 0 unspecified atom stereocenters. The SMILES string of the molecule is c1ccc2cc(-c3nc(-c4ccc(-c5cc6c7cc8ccccc8cc7sc6c6nc7cc8cc9ccccc9cc8cc7n56)cc4)nc(-c4ccc5ccccc5c4)n3)ccc2c1. The Balaban J connectivity index is 0.974. The van der Waals surface area contributed by atoms with Crippen molar-refractivity contribution >= 4 is 102 Å². The van der Waals surface area contributed by atoms with Gasteiger partial charge >= 0.3 is 0 Å². The molecule has 0 saturated carbocycles. The Morgan fingerprint density at radius 2 is 0.797 bits per heavy atom. The highest BCUT2D eigenvalue weighted by Gasteiger charge is 2.20. The van der Waals surface area contributed by atoms with Gasteiger partial charge in [0.15, 0.2) is 23.1 Å². The Labute approximate surface area is 370 Å². The zero-order valence-corrected chi connectivity index (χ0v) is 35.0. The topological polar surface area (TPSA) is 56.0 Å². The van der Waals surface area contributed by atoms with Gasteiger partial charge in [-0.1, -0.05) is 146 Å². The zero-order valence-electron chi connectivity index (χ0n) is 34.2. The highest BCUT2D eigenvalue weighted by Crippen LogP contribution is 2.43. The van der Waals surface area contributed by atoms with Crippen LogP contribution < -0.4 is 0 Å². The number of imidazole rings is 1. The van der Waals surface area contributed by atoms with Crippen LogP contribution in [0, 0.1) is 0 Å². The van der Waals surface area contributed by atoms with E-state index in [1.165, 1.54) is 63.3 Å². The van der Waals surface area contributed by atoms with Crippen LogP contribution in [0.25, 0.3) is 136 Å². The van der Waals surface area contributed by atoms with E-state index in [1.54, 1.807) is 0 Å². The van der Waals surface area contributed by atoms with Crippen molar-refractivity contribution in [3.63, 3.8) is 0 Å². The number of hydrogen-bond donors (Lipinski definition) is 0. The predicted octanol–water partition coefficient (Wildman–Crippen LogP) is 15.5. The molecule has 296 valence electrons. The van der Waals surface area contributed by atoms with E-state index in [4.69, 9.17) is 19.9 Å². The van der Waals surface area contributed by atoms with Gasteiger partial charge in [0.2, 0.25) is 0 Å². The fourth-order valence-electron chi connectivity index (χ4n) is 9.65. The number of pyridine rings is 1. The number of aromatic nitrogens is 5. The van der Waals surface area contributed by atoms with Gasteiger partial charge in [-0.3, -0.25) is 4.40 Å². The summed E-state index contributed by atoms with van der Waals surface area (Å²) in [5.41, 5.74) is 7.98. The van der Waals surface area contributed by atoms with Crippen molar-refractivity contribution in [1.29, 1.82) is 0 Å². The molecule has 6 heteroatoms. The lowest BCUT2D eigenvalue weighted by atomic mass is 10.0. The smallest absolute Gasteiger partial charge is 0.164 e. The minimum atomic E-state index is 0.621. The molecule has 0 fully saturated rings. The van der Waals surface area contributed by atoms with Gasteiger partial charge in [0.25, 0.3) is 0 Å². The van der Waals surface area contributed by atoms with Gasteiger partial charge in [0.1, 0.15) is 0 Å². The largest absolute Gasteiger partial charge is 0.291 e. The Kier molecular flexibility index (Phi) is 7.49. The monoisotopic (exact) mass is 831 g/mol. The summed E-state index contributed by atoms with van der Waals surface area (Å²) >= 11 is 1.83.